The minimum atomic E-state index is -0.683. The van der Waals surface area contributed by atoms with Crippen LogP contribution in [0.25, 0.3) is 0 Å². The van der Waals surface area contributed by atoms with Crippen molar-refractivity contribution in [3.05, 3.63) is 66.2 Å². The Labute approximate surface area is 143 Å². The SMILES string of the molecule is O=C(O)C1CCN(CCc2ccccc2)C(Nc2ccccc2)C1. The third kappa shape index (κ3) is 4.36. The molecule has 2 atom stereocenters. The van der Waals surface area contributed by atoms with Gasteiger partial charge < -0.3 is 10.4 Å². The lowest BCUT2D eigenvalue weighted by molar-refractivity contribution is -0.143. The van der Waals surface area contributed by atoms with Crippen molar-refractivity contribution in [3.63, 3.8) is 0 Å². The molecule has 0 bridgehead atoms. The Kier molecular flexibility index (Phi) is 5.49. The highest BCUT2D eigenvalue weighted by Gasteiger charge is 2.31. The quantitative estimate of drug-likeness (QED) is 0.854. The second-order valence-corrected chi connectivity index (χ2v) is 6.36. The Balaban J connectivity index is 1.66. The van der Waals surface area contributed by atoms with Gasteiger partial charge in [0.15, 0.2) is 0 Å². The molecular weight excluding hydrogens is 300 g/mol. The zero-order valence-electron chi connectivity index (χ0n) is 13.8. The van der Waals surface area contributed by atoms with Crippen LogP contribution in [0.5, 0.6) is 0 Å². The van der Waals surface area contributed by atoms with Crippen molar-refractivity contribution in [2.24, 2.45) is 5.92 Å². The number of hydrogen-bond acceptors (Lipinski definition) is 3. The maximum absolute atomic E-state index is 11.4. The van der Waals surface area contributed by atoms with Crippen LogP contribution in [0.15, 0.2) is 60.7 Å². The molecule has 0 amide bonds. The lowest BCUT2D eigenvalue weighted by atomic mass is 9.94. The summed E-state index contributed by atoms with van der Waals surface area (Å²) in [5.41, 5.74) is 2.36. The number of anilines is 1. The maximum Gasteiger partial charge on any atom is 0.306 e. The number of carboxylic acid groups (broad SMARTS) is 1. The van der Waals surface area contributed by atoms with Gasteiger partial charge in [-0.15, -0.1) is 0 Å². The van der Waals surface area contributed by atoms with E-state index in [0.717, 1.165) is 31.6 Å². The molecule has 3 rings (SSSR count). The first-order chi connectivity index (χ1) is 11.7. The smallest absolute Gasteiger partial charge is 0.306 e. The van der Waals surface area contributed by atoms with Crippen LogP contribution in [0.1, 0.15) is 18.4 Å². The highest BCUT2D eigenvalue weighted by Crippen LogP contribution is 2.25. The maximum atomic E-state index is 11.4. The Morgan fingerprint density at radius 3 is 2.42 bits per heavy atom. The second kappa shape index (κ2) is 7.97. The predicted octanol–water partition coefficient (Wildman–Crippen LogP) is 3.46. The highest BCUT2D eigenvalue weighted by atomic mass is 16.4. The number of para-hydroxylation sites is 1. The van der Waals surface area contributed by atoms with E-state index in [4.69, 9.17) is 0 Å². The zero-order valence-corrected chi connectivity index (χ0v) is 13.8. The van der Waals surface area contributed by atoms with Gasteiger partial charge in [0.2, 0.25) is 0 Å². The molecule has 4 heteroatoms. The highest BCUT2D eigenvalue weighted by molar-refractivity contribution is 5.70. The van der Waals surface area contributed by atoms with E-state index in [1.165, 1.54) is 5.56 Å². The number of nitrogens with zero attached hydrogens (tertiary/aromatic N) is 1. The van der Waals surface area contributed by atoms with Gasteiger partial charge in [-0.1, -0.05) is 48.5 Å². The standard InChI is InChI=1S/C20H24N2O2/c23-20(24)17-12-14-22(13-11-16-7-3-1-4-8-16)19(15-17)21-18-9-5-2-6-10-18/h1-10,17,19,21H,11-15H2,(H,23,24). The number of carbonyl (C=O) groups is 1. The van der Waals surface area contributed by atoms with Crippen LogP contribution >= 0.6 is 0 Å². The van der Waals surface area contributed by atoms with E-state index in [0.29, 0.717) is 6.42 Å². The van der Waals surface area contributed by atoms with E-state index < -0.39 is 5.97 Å². The normalized spacial score (nSPS) is 21.3. The summed E-state index contributed by atoms with van der Waals surface area (Å²) in [4.78, 5) is 13.8. The summed E-state index contributed by atoms with van der Waals surface area (Å²) in [6.07, 6.45) is 2.40. The summed E-state index contributed by atoms with van der Waals surface area (Å²) in [6.45, 7) is 1.75. The molecule has 2 aromatic carbocycles. The summed E-state index contributed by atoms with van der Waals surface area (Å²) in [6, 6.07) is 20.5. The number of carboxylic acids is 1. The summed E-state index contributed by atoms with van der Waals surface area (Å²) < 4.78 is 0. The zero-order chi connectivity index (χ0) is 16.8. The molecule has 1 aliphatic heterocycles. The van der Waals surface area contributed by atoms with Crippen LogP contribution in [0.3, 0.4) is 0 Å². The Bertz CT molecular complexity index is 645. The monoisotopic (exact) mass is 324 g/mol. The topological polar surface area (TPSA) is 52.6 Å². The van der Waals surface area contributed by atoms with E-state index in [-0.39, 0.29) is 12.1 Å². The van der Waals surface area contributed by atoms with Crippen LogP contribution < -0.4 is 5.32 Å². The third-order valence-electron chi connectivity index (χ3n) is 4.70. The molecule has 1 saturated heterocycles. The first kappa shape index (κ1) is 16.5. The van der Waals surface area contributed by atoms with Gasteiger partial charge >= 0.3 is 5.97 Å². The van der Waals surface area contributed by atoms with Gasteiger partial charge in [0.05, 0.1) is 12.1 Å². The van der Waals surface area contributed by atoms with Gasteiger partial charge in [-0.25, -0.2) is 0 Å². The van der Waals surface area contributed by atoms with Crippen molar-refractivity contribution in [2.75, 3.05) is 18.4 Å². The molecule has 24 heavy (non-hydrogen) atoms. The first-order valence-electron chi connectivity index (χ1n) is 8.55. The average Bonchev–Trinajstić information content (AvgIpc) is 2.62. The van der Waals surface area contributed by atoms with Crippen LogP contribution in [0, 0.1) is 5.92 Å². The fraction of sp³-hybridized carbons (Fsp3) is 0.350. The van der Waals surface area contributed by atoms with Crippen molar-refractivity contribution in [1.82, 2.24) is 4.90 Å². The predicted molar refractivity (Wildman–Crippen MR) is 95.9 cm³/mol. The molecule has 0 aromatic heterocycles. The van der Waals surface area contributed by atoms with Gasteiger partial charge in [-0.2, -0.15) is 0 Å². The molecule has 4 nitrogen and oxygen atoms in total. The number of rotatable bonds is 6. The minimum Gasteiger partial charge on any atom is -0.481 e. The molecule has 0 spiro atoms. The molecule has 2 N–H and O–H groups in total. The summed E-state index contributed by atoms with van der Waals surface area (Å²) in [7, 11) is 0. The van der Waals surface area contributed by atoms with Crippen molar-refractivity contribution in [2.45, 2.75) is 25.4 Å². The number of benzene rings is 2. The third-order valence-corrected chi connectivity index (χ3v) is 4.70. The molecule has 0 radical (unpaired) electrons. The molecule has 1 fully saturated rings. The van der Waals surface area contributed by atoms with Crippen LogP contribution in [-0.2, 0) is 11.2 Å². The molecule has 0 saturated carbocycles. The van der Waals surface area contributed by atoms with E-state index in [1.807, 2.05) is 36.4 Å². The number of aliphatic carboxylic acids is 1. The van der Waals surface area contributed by atoms with Crippen molar-refractivity contribution < 1.29 is 9.90 Å². The van der Waals surface area contributed by atoms with Gasteiger partial charge in [-0.3, -0.25) is 9.69 Å². The number of piperidine rings is 1. The summed E-state index contributed by atoms with van der Waals surface area (Å²) in [5.74, 6) is -0.947. The Morgan fingerprint density at radius 2 is 1.75 bits per heavy atom. The van der Waals surface area contributed by atoms with E-state index in [1.54, 1.807) is 0 Å². The lowest BCUT2D eigenvalue weighted by Crippen LogP contribution is -2.49. The molecule has 126 valence electrons. The molecule has 1 heterocycles. The summed E-state index contributed by atoms with van der Waals surface area (Å²) in [5, 5.41) is 12.9. The van der Waals surface area contributed by atoms with E-state index >= 15 is 0 Å². The second-order valence-electron chi connectivity index (χ2n) is 6.36. The molecular formula is C20H24N2O2. The lowest BCUT2D eigenvalue weighted by Gasteiger charge is -2.39. The molecule has 1 aliphatic rings. The van der Waals surface area contributed by atoms with Crippen LogP contribution in [0.2, 0.25) is 0 Å². The van der Waals surface area contributed by atoms with Crippen LogP contribution in [0.4, 0.5) is 5.69 Å². The van der Waals surface area contributed by atoms with Gasteiger partial charge in [0, 0.05) is 18.8 Å². The van der Waals surface area contributed by atoms with Gasteiger partial charge in [0.1, 0.15) is 0 Å². The summed E-state index contributed by atoms with van der Waals surface area (Å²) >= 11 is 0. The minimum absolute atomic E-state index is 0.0611. The van der Waals surface area contributed by atoms with Crippen LogP contribution in [-0.4, -0.2) is 35.2 Å². The van der Waals surface area contributed by atoms with Gasteiger partial charge in [0.25, 0.3) is 0 Å². The Hall–Kier alpha value is -2.33. The van der Waals surface area contributed by atoms with E-state index in [9.17, 15) is 9.90 Å². The number of nitrogens with one attached hydrogen (secondary N) is 1. The molecule has 0 aliphatic carbocycles. The van der Waals surface area contributed by atoms with Crippen molar-refractivity contribution in [3.8, 4) is 0 Å². The number of likely N-dealkylation sites (tertiary alicyclic amines) is 1. The van der Waals surface area contributed by atoms with Gasteiger partial charge in [-0.05, 0) is 37.0 Å². The Morgan fingerprint density at radius 1 is 1.08 bits per heavy atom. The number of hydrogen-bond donors (Lipinski definition) is 2. The average molecular weight is 324 g/mol. The largest absolute Gasteiger partial charge is 0.481 e. The molecule has 2 aromatic rings. The first-order valence-corrected chi connectivity index (χ1v) is 8.55. The van der Waals surface area contributed by atoms with E-state index in [2.05, 4.69) is 34.5 Å². The fourth-order valence-corrected chi connectivity index (χ4v) is 3.30. The molecule has 2 unspecified atom stereocenters. The van der Waals surface area contributed by atoms with Crippen molar-refractivity contribution in [1.29, 1.82) is 0 Å². The van der Waals surface area contributed by atoms with Crippen molar-refractivity contribution >= 4 is 11.7 Å². The fourth-order valence-electron chi connectivity index (χ4n) is 3.30.